The number of ketones is 1. The van der Waals surface area contributed by atoms with Crippen molar-refractivity contribution < 1.29 is 4.79 Å². The first kappa shape index (κ1) is 11.9. The van der Waals surface area contributed by atoms with Crippen LogP contribution in [0.1, 0.15) is 23.2 Å². The summed E-state index contributed by atoms with van der Waals surface area (Å²) < 4.78 is 0. The predicted molar refractivity (Wildman–Crippen MR) is 66.4 cm³/mol. The zero-order valence-electron chi connectivity index (χ0n) is 8.80. The Balaban J connectivity index is 2.22. The minimum atomic E-state index is 0.0808. The van der Waals surface area contributed by atoms with E-state index in [4.69, 9.17) is 23.2 Å². The molecule has 2 nitrogen and oxygen atoms in total. The summed E-state index contributed by atoms with van der Waals surface area (Å²) in [6.07, 6.45) is 1.75. The van der Waals surface area contributed by atoms with Crippen LogP contribution in [0, 0.1) is 5.92 Å². The summed E-state index contributed by atoms with van der Waals surface area (Å²) in [7, 11) is 0. The number of hydrogen-bond donors (Lipinski definition) is 1. The zero-order chi connectivity index (χ0) is 11.5. The number of piperidine rings is 1. The summed E-state index contributed by atoms with van der Waals surface area (Å²) in [6.45, 7) is 1.79. The van der Waals surface area contributed by atoms with Crippen molar-refractivity contribution in [2.75, 3.05) is 13.1 Å². The Bertz CT molecular complexity index is 400. The lowest BCUT2D eigenvalue weighted by Gasteiger charge is -2.21. The van der Waals surface area contributed by atoms with Gasteiger partial charge in [-0.2, -0.15) is 0 Å². The standard InChI is InChI=1S/C12H13Cl2NO/c13-9-1-2-11(14)10(7-9)12(16)8-3-5-15-6-4-8/h1-2,7-8,15H,3-6H2. The van der Waals surface area contributed by atoms with Crippen molar-refractivity contribution in [2.45, 2.75) is 12.8 Å². The van der Waals surface area contributed by atoms with Crippen LogP contribution in [0.4, 0.5) is 0 Å². The second-order valence-electron chi connectivity index (χ2n) is 4.01. The van der Waals surface area contributed by atoms with E-state index >= 15 is 0 Å². The van der Waals surface area contributed by atoms with Crippen molar-refractivity contribution in [1.82, 2.24) is 5.32 Å². The minimum Gasteiger partial charge on any atom is -0.317 e. The molecule has 2 rings (SSSR count). The first-order valence-corrected chi connectivity index (χ1v) is 6.14. The molecule has 1 aromatic carbocycles. The molecule has 0 unspecified atom stereocenters. The van der Waals surface area contributed by atoms with Gasteiger partial charge in [0.05, 0.1) is 5.02 Å². The van der Waals surface area contributed by atoms with Crippen molar-refractivity contribution in [3.05, 3.63) is 33.8 Å². The maximum atomic E-state index is 12.2. The molecule has 0 atom stereocenters. The molecule has 0 aromatic heterocycles. The van der Waals surface area contributed by atoms with Crippen molar-refractivity contribution in [1.29, 1.82) is 0 Å². The highest BCUT2D eigenvalue weighted by molar-refractivity contribution is 6.36. The van der Waals surface area contributed by atoms with Gasteiger partial charge < -0.3 is 5.32 Å². The molecule has 0 aliphatic carbocycles. The molecule has 86 valence electrons. The SMILES string of the molecule is O=C(c1cc(Cl)ccc1Cl)C1CCNCC1. The van der Waals surface area contributed by atoms with E-state index in [1.165, 1.54) is 0 Å². The summed E-state index contributed by atoms with van der Waals surface area (Å²) in [6, 6.07) is 5.04. The number of carbonyl (C=O) groups is 1. The molecule has 0 spiro atoms. The lowest BCUT2D eigenvalue weighted by atomic mass is 9.89. The molecule has 1 N–H and O–H groups in total. The highest BCUT2D eigenvalue weighted by atomic mass is 35.5. The van der Waals surface area contributed by atoms with Gasteiger partial charge in [0.1, 0.15) is 0 Å². The largest absolute Gasteiger partial charge is 0.317 e. The van der Waals surface area contributed by atoms with Crippen LogP contribution in [-0.4, -0.2) is 18.9 Å². The molecule has 0 bridgehead atoms. The van der Waals surface area contributed by atoms with E-state index in [0.29, 0.717) is 15.6 Å². The number of Topliss-reactive ketones (excluding diaryl/α,β-unsaturated/α-hetero) is 1. The third-order valence-corrected chi connectivity index (χ3v) is 3.47. The van der Waals surface area contributed by atoms with Crippen LogP contribution < -0.4 is 5.32 Å². The topological polar surface area (TPSA) is 29.1 Å². The highest BCUT2D eigenvalue weighted by Gasteiger charge is 2.23. The molecule has 1 aliphatic heterocycles. The predicted octanol–water partition coefficient (Wildman–Crippen LogP) is 3.18. The molecular weight excluding hydrogens is 245 g/mol. The quantitative estimate of drug-likeness (QED) is 0.825. The summed E-state index contributed by atoms with van der Waals surface area (Å²) in [5.41, 5.74) is 0.557. The number of halogens is 2. The molecular formula is C12H13Cl2NO. The zero-order valence-corrected chi connectivity index (χ0v) is 10.3. The maximum Gasteiger partial charge on any atom is 0.167 e. The van der Waals surface area contributed by atoms with Gasteiger partial charge in [-0.1, -0.05) is 23.2 Å². The molecule has 0 radical (unpaired) electrons. The Labute approximate surface area is 105 Å². The van der Waals surface area contributed by atoms with Gasteiger partial charge in [0.25, 0.3) is 0 Å². The number of carbonyl (C=O) groups excluding carboxylic acids is 1. The molecule has 0 amide bonds. The molecule has 0 saturated carbocycles. The number of benzene rings is 1. The normalized spacial score (nSPS) is 17.4. The number of nitrogens with one attached hydrogen (secondary N) is 1. The van der Waals surface area contributed by atoms with Crippen LogP contribution in [0.25, 0.3) is 0 Å². The summed E-state index contributed by atoms with van der Waals surface area (Å²) in [5, 5.41) is 4.29. The van der Waals surface area contributed by atoms with Gasteiger partial charge in [0.2, 0.25) is 0 Å². The van der Waals surface area contributed by atoms with Gasteiger partial charge >= 0.3 is 0 Å². The van der Waals surface area contributed by atoms with E-state index in [-0.39, 0.29) is 11.7 Å². The highest BCUT2D eigenvalue weighted by Crippen LogP contribution is 2.26. The van der Waals surface area contributed by atoms with Crippen LogP contribution in [0.3, 0.4) is 0 Å². The van der Waals surface area contributed by atoms with Gasteiger partial charge in [-0.15, -0.1) is 0 Å². The number of hydrogen-bond acceptors (Lipinski definition) is 2. The van der Waals surface area contributed by atoms with Gasteiger partial charge in [0, 0.05) is 16.5 Å². The van der Waals surface area contributed by atoms with Crippen LogP contribution >= 0.6 is 23.2 Å². The average Bonchev–Trinajstić information content (AvgIpc) is 2.32. The van der Waals surface area contributed by atoms with Gasteiger partial charge in [-0.05, 0) is 44.1 Å². The fraction of sp³-hybridized carbons (Fsp3) is 0.417. The summed E-state index contributed by atoms with van der Waals surface area (Å²) in [4.78, 5) is 12.2. The average molecular weight is 258 g/mol. The first-order valence-electron chi connectivity index (χ1n) is 5.38. The van der Waals surface area contributed by atoms with Crippen LogP contribution in [0.15, 0.2) is 18.2 Å². The molecule has 4 heteroatoms. The van der Waals surface area contributed by atoms with E-state index < -0.39 is 0 Å². The Hall–Kier alpha value is -0.570. The van der Waals surface area contributed by atoms with E-state index in [2.05, 4.69) is 5.32 Å². The molecule has 1 aliphatic rings. The van der Waals surface area contributed by atoms with Crippen molar-refractivity contribution in [3.63, 3.8) is 0 Å². The second kappa shape index (κ2) is 5.17. The molecule has 16 heavy (non-hydrogen) atoms. The Morgan fingerprint density at radius 2 is 1.94 bits per heavy atom. The third-order valence-electron chi connectivity index (χ3n) is 2.90. The minimum absolute atomic E-state index is 0.0808. The molecule has 1 fully saturated rings. The molecule has 1 saturated heterocycles. The van der Waals surface area contributed by atoms with E-state index in [1.54, 1.807) is 18.2 Å². The molecule has 1 heterocycles. The lowest BCUT2D eigenvalue weighted by molar-refractivity contribution is 0.0895. The Morgan fingerprint density at radius 1 is 1.25 bits per heavy atom. The van der Waals surface area contributed by atoms with E-state index in [1.807, 2.05) is 0 Å². The number of rotatable bonds is 2. The fourth-order valence-electron chi connectivity index (χ4n) is 1.99. The maximum absolute atomic E-state index is 12.2. The lowest BCUT2D eigenvalue weighted by Crippen LogP contribution is -2.32. The second-order valence-corrected chi connectivity index (χ2v) is 4.86. The van der Waals surface area contributed by atoms with Crippen LogP contribution in [-0.2, 0) is 0 Å². The van der Waals surface area contributed by atoms with E-state index in [9.17, 15) is 4.79 Å². The van der Waals surface area contributed by atoms with Gasteiger partial charge in [0.15, 0.2) is 5.78 Å². The first-order chi connectivity index (χ1) is 7.68. The Kier molecular flexibility index (Phi) is 3.85. The van der Waals surface area contributed by atoms with Crippen molar-refractivity contribution in [3.8, 4) is 0 Å². The van der Waals surface area contributed by atoms with Crippen LogP contribution in [0.2, 0.25) is 10.0 Å². The monoisotopic (exact) mass is 257 g/mol. The fourth-order valence-corrected chi connectivity index (χ4v) is 2.37. The molecule has 1 aromatic rings. The third kappa shape index (κ3) is 2.57. The van der Waals surface area contributed by atoms with Gasteiger partial charge in [-0.3, -0.25) is 4.79 Å². The van der Waals surface area contributed by atoms with E-state index in [0.717, 1.165) is 25.9 Å². The summed E-state index contributed by atoms with van der Waals surface area (Å²) in [5.74, 6) is 0.200. The van der Waals surface area contributed by atoms with Crippen LogP contribution in [0.5, 0.6) is 0 Å². The van der Waals surface area contributed by atoms with Gasteiger partial charge in [-0.25, -0.2) is 0 Å². The summed E-state index contributed by atoms with van der Waals surface area (Å²) >= 11 is 11.9. The van der Waals surface area contributed by atoms with Crippen molar-refractivity contribution in [2.24, 2.45) is 5.92 Å². The Morgan fingerprint density at radius 3 is 2.62 bits per heavy atom. The smallest absolute Gasteiger partial charge is 0.167 e. The van der Waals surface area contributed by atoms with Crippen molar-refractivity contribution >= 4 is 29.0 Å².